The van der Waals surface area contributed by atoms with Gasteiger partial charge in [-0.3, -0.25) is 4.79 Å². The SMILES string of the molecule is CC/C(C)=N\NC(=O)c1ccc(Cn2nnc(-c3ccccc3)n2)cc1. The summed E-state index contributed by atoms with van der Waals surface area (Å²) >= 11 is 0. The van der Waals surface area contributed by atoms with E-state index in [1.54, 1.807) is 12.1 Å². The summed E-state index contributed by atoms with van der Waals surface area (Å²) in [5.74, 6) is 0.361. The van der Waals surface area contributed by atoms with Crippen LogP contribution in [0.5, 0.6) is 0 Å². The molecule has 7 heteroatoms. The van der Waals surface area contributed by atoms with Crippen molar-refractivity contribution in [2.45, 2.75) is 26.8 Å². The third kappa shape index (κ3) is 4.38. The van der Waals surface area contributed by atoms with Crippen LogP contribution in [-0.2, 0) is 6.54 Å². The van der Waals surface area contributed by atoms with Crippen molar-refractivity contribution < 1.29 is 4.79 Å². The van der Waals surface area contributed by atoms with Crippen molar-refractivity contribution in [1.29, 1.82) is 0 Å². The molecular formula is C19H20N6O. The highest BCUT2D eigenvalue weighted by Crippen LogP contribution is 2.12. The minimum absolute atomic E-state index is 0.227. The van der Waals surface area contributed by atoms with Crippen molar-refractivity contribution in [1.82, 2.24) is 25.6 Å². The molecule has 132 valence electrons. The van der Waals surface area contributed by atoms with Crippen molar-refractivity contribution in [3.63, 3.8) is 0 Å². The Kier molecular flexibility index (Phi) is 5.48. The Morgan fingerprint density at radius 2 is 1.85 bits per heavy atom. The zero-order valence-electron chi connectivity index (χ0n) is 14.8. The largest absolute Gasteiger partial charge is 0.271 e. The van der Waals surface area contributed by atoms with Gasteiger partial charge in [-0.1, -0.05) is 49.4 Å². The molecule has 0 spiro atoms. The van der Waals surface area contributed by atoms with Crippen LogP contribution in [0, 0.1) is 0 Å². The molecule has 0 aliphatic carbocycles. The molecule has 0 saturated heterocycles. The Morgan fingerprint density at radius 3 is 2.54 bits per heavy atom. The van der Waals surface area contributed by atoms with Crippen LogP contribution in [0.2, 0.25) is 0 Å². The lowest BCUT2D eigenvalue weighted by Crippen LogP contribution is -2.18. The van der Waals surface area contributed by atoms with Crippen LogP contribution in [0.15, 0.2) is 59.7 Å². The third-order valence-electron chi connectivity index (χ3n) is 3.88. The summed E-state index contributed by atoms with van der Waals surface area (Å²) in [6.45, 7) is 4.34. The molecule has 0 bridgehead atoms. The van der Waals surface area contributed by atoms with Crippen molar-refractivity contribution >= 4 is 11.6 Å². The first kappa shape index (κ1) is 17.5. The lowest BCUT2D eigenvalue weighted by atomic mass is 10.1. The molecule has 0 aliphatic rings. The van der Waals surface area contributed by atoms with Crippen molar-refractivity contribution in [2.75, 3.05) is 0 Å². The monoisotopic (exact) mass is 348 g/mol. The summed E-state index contributed by atoms with van der Waals surface area (Å²) in [4.78, 5) is 13.6. The summed E-state index contributed by atoms with van der Waals surface area (Å²) in [5, 5.41) is 16.6. The van der Waals surface area contributed by atoms with Gasteiger partial charge in [0.05, 0.1) is 6.54 Å². The maximum Gasteiger partial charge on any atom is 0.271 e. The minimum atomic E-state index is -0.227. The standard InChI is InChI=1S/C19H20N6O/c1-3-14(2)20-22-19(26)17-11-9-15(10-12-17)13-25-23-18(21-24-25)16-7-5-4-6-8-16/h4-12H,3,13H2,1-2H3,(H,22,26)/b20-14-. The van der Waals surface area contributed by atoms with Crippen LogP contribution in [0.4, 0.5) is 0 Å². The molecule has 26 heavy (non-hydrogen) atoms. The molecule has 0 fully saturated rings. The zero-order valence-corrected chi connectivity index (χ0v) is 14.8. The minimum Gasteiger partial charge on any atom is -0.267 e. The first-order valence-corrected chi connectivity index (χ1v) is 8.41. The van der Waals surface area contributed by atoms with Crippen LogP contribution in [-0.4, -0.2) is 31.8 Å². The fraction of sp³-hybridized carbons (Fsp3) is 0.211. The van der Waals surface area contributed by atoms with E-state index in [-0.39, 0.29) is 5.91 Å². The van der Waals surface area contributed by atoms with Gasteiger partial charge in [-0.15, -0.1) is 10.2 Å². The summed E-state index contributed by atoms with van der Waals surface area (Å²) in [6.07, 6.45) is 0.801. The number of benzene rings is 2. The van der Waals surface area contributed by atoms with Crippen molar-refractivity contribution in [3.05, 3.63) is 65.7 Å². The van der Waals surface area contributed by atoms with Gasteiger partial charge < -0.3 is 0 Å². The van der Waals surface area contributed by atoms with E-state index in [4.69, 9.17) is 0 Å². The Hall–Kier alpha value is -3.35. The van der Waals surface area contributed by atoms with Gasteiger partial charge >= 0.3 is 0 Å². The molecule has 0 saturated carbocycles. The zero-order chi connectivity index (χ0) is 18.4. The highest BCUT2D eigenvalue weighted by molar-refractivity contribution is 5.95. The van der Waals surface area contributed by atoms with Gasteiger partial charge in [0, 0.05) is 16.8 Å². The predicted octanol–water partition coefficient (Wildman–Crippen LogP) is 2.90. The van der Waals surface area contributed by atoms with Gasteiger partial charge in [0.2, 0.25) is 5.82 Å². The molecule has 0 radical (unpaired) electrons. The number of carbonyl (C=O) groups excluding carboxylic acids is 1. The maximum atomic E-state index is 12.0. The second kappa shape index (κ2) is 8.15. The van der Waals surface area contributed by atoms with Crippen LogP contribution < -0.4 is 5.43 Å². The number of hydrogen-bond donors (Lipinski definition) is 1. The molecule has 2 aromatic carbocycles. The quantitative estimate of drug-likeness (QED) is 0.548. The summed E-state index contributed by atoms with van der Waals surface area (Å²) in [5.41, 5.74) is 5.88. The van der Waals surface area contributed by atoms with E-state index in [9.17, 15) is 4.79 Å². The average Bonchev–Trinajstić information content (AvgIpc) is 3.15. The van der Waals surface area contributed by atoms with E-state index in [0.717, 1.165) is 23.3 Å². The maximum absolute atomic E-state index is 12.0. The molecule has 0 unspecified atom stereocenters. The number of aromatic nitrogens is 4. The van der Waals surface area contributed by atoms with E-state index < -0.39 is 0 Å². The molecule has 0 aliphatic heterocycles. The summed E-state index contributed by atoms with van der Waals surface area (Å²) < 4.78 is 0. The first-order chi connectivity index (χ1) is 12.7. The van der Waals surface area contributed by atoms with E-state index in [1.165, 1.54) is 4.80 Å². The van der Waals surface area contributed by atoms with Gasteiger partial charge in [-0.25, -0.2) is 5.43 Å². The molecule has 3 rings (SSSR count). The lowest BCUT2D eigenvalue weighted by Gasteiger charge is -2.03. The Morgan fingerprint density at radius 1 is 1.12 bits per heavy atom. The molecule has 1 heterocycles. The van der Waals surface area contributed by atoms with Crippen molar-refractivity contribution in [2.24, 2.45) is 5.10 Å². The second-order valence-corrected chi connectivity index (χ2v) is 5.85. The summed E-state index contributed by atoms with van der Waals surface area (Å²) in [7, 11) is 0. The Labute approximate surface area is 151 Å². The molecular weight excluding hydrogens is 328 g/mol. The molecule has 0 atom stereocenters. The fourth-order valence-electron chi connectivity index (χ4n) is 2.23. The van der Waals surface area contributed by atoms with Gasteiger partial charge in [-0.05, 0) is 36.3 Å². The second-order valence-electron chi connectivity index (χ2n) is 5.85. The number of nitrogens with zero attached hydrogens (tertiary/aromatic N) is 5. The van der Waals surface area contributed by atoms with Crippen molar-refractivity contribution in [3.8, 4) is 11.4 Å². The smallest absolute Gasteiger partial charge is 0.267 e. The van der Waals surface area contributed by atoms with Crippen LogP contribution in [0.1, 0.15) is 36.2 Å². The van der Waals surface area contributed by atoms with E-state index >= 15 is 0 Å². The van der Waals surface area contributed by atoms with E-state index in [0.29, 0.717) is 17.9 Å². The Bertz CT molecular complexity index is 899. The lowest BCUT2D eigenvalue weighted by molar-refractivity contribution is 0.0954. The van der Waals surface area contributed by atoms with Gasteiger partial charge in [-0.2, -0.15) is 9.90 Å². The number of amides is 1. The Balaban J connectivity index is 1.65. The van der Waals surface area contributed by atoms with Gasteiger partial charge in [0.25, 0.3) is 5.91 Å². The number of carbonyl (C=O) groups is 1. The molecule has 7 nitrogen and oxygen atoms in total. The molecule has 1 aromatic heterocycles. The van der Waals surface area contributed by atoms with Crippen LogP contribution >= 0.6 is 0 Å². The topological polar surface area (TPSA) is 85.1 Å². The average molecular weight is 348 g/mol. The van der Waals surface area contributed by atoms with E-state index in [2.05, 4.69) is 25.9 Å². The van der Waals surface area contributed by atoms with Crippen LogP contribution in [0.25, 0.3) is 11.4 Å². The number of rotatable bonds is 6. The molecule has 1 amide bonds. The highest BCUT2D eigenvalue weighted by Gasteiger charge is 2.07. The number of nitrogens with one attached hydrogen (secondary N) is 1. The van der Waals surface area contributed by atoms with Crippen LogP contribution in [0.3, 0.4) is 0 Å². The predicted molar refractivity (Wildman–Crippen MR) is 99.7 cm³/mol. The molecule has 3 aromatic rings. The number of tetrazole rings is 1. The van der Waals surface area contributed by atoms with Gasteiger partial charge in [0.15, 0.2) is 0 Å². The fourth-order valence-corrected chi connectivity index (χ4v) is 2.23. The number of hydrogen-bond acceptors (Lipinski definition) is 5. The normalized spacial score (nSPS) is 11.4. The number of hydrazone groups is 1. The highest BCUT2D eigenvalue weighted by atomic mass is 16.2. The van der Waals surface area contributed by atoms with E-state index in [1.807, 2.05) is 56.3 Å². The molecule has 1 N–H and O–H groups in total. The first-order valence-electron chi connectivity index (χ1n) is 8.41. The summed E-state index contributed by atoms with van der Waals surface area (Å²) in [6, 6.07) is 17.0. The third-order valence-corrected chi connectivity index (χ3v) is 3.88. The van der Waals surface area contributed by atoms with Gasteiger partial charge in [0.1, 0.15) is 0 Å².